The molecular weight excluding hydrogens is 290 g/mol. The largest absolute Gasteiger partial charge is 0.356 e. The SMILES string of the molecule is NCC1CCCC1NS(=O)(=O)Cc1noc2ccccc12. The van der Waals surface area contributed by atoms with Crippen LogP contribution in [0.1, 0.15) is 25.0 Å². The third-order valence-electron chi connectivity index (χ3n) is 4.07. The molecule has 1 aliphatic carbocycles. The molecular formula is C14H19N3O3S. The first-order valence-electron chi connectivity index (χ1n) is 7.12. The topological polar surface area (TPSA) is 98.2 Å². The molecule has 6 nitrogen and oxygen atoms in total. The van der Waals surface area contributed by atoms with Crippen LogP contribution in [-0.4, -0.2) is 26.2 Å². The number of aromatic nitrogens is 1. The van der Waals surface area contributed by atoms with Gasteiger partial charge in [-0.25, -0.2) is 13.1 Å². The lowest BCUT2D eigenvalue weighted by Crippen LogP contribution is -2.40. The van der Waals surface area contributed by atoms with E-state index in [-0.39, 0.29) is 17.7 Å². The molecule has 0 aliphatic heterocycles. The lowest BCUT2D eigenvalue weighted by Gasteiger charge is -2.19. The lowest BCUT2D eigenvalue weighted by molar-refractivity contribution is 0.443. The molecule has 0 bridgehead atoms. The molecule has 21 heavy (non-hydrogen) atoms. The molecule has 7 heteroatoms. The summed E-state index contributed by atoms with van der Waals surface area (Å²) in [6.07, 6.45) is 2.85. The molecule has 0 spiro atoms. The van der Waals surface area contributed by atoms with Crippen LogP contribution in [0.3, 0.4) is 0 Å². The second kappa shape index (κ2) is 5.75. The fraction of sp³-hybridized carbons (Fsp3) is 0.500. The average molecular weight is 309 g/mol. The Morgan fingerprint density at radius 1 is 1.33 bits per heavy atom. The highest BCUT2D eigenvalue weighted by Crippen LogP contribution is 2.26. The minimum atomic E-state index is -3.45. The number of hydrogen-bond acceptors (Lipinski definition) is 5. The van der Waals surface area contributed by atoms with Gasteiger partial charge in [0.25, 0.3) is 0 Å². The van der Waals surface area contributed by atoms with Crippen molar-refractivity contribution in [2.45, 2.75) is 31.1 Å². The number of nitrogens with zero attached hydrogens (tertiary/aromatic N) is 1. The molecule has 1 aromatic carbocycles. The fourth-order valence-corrected chi connectivity index (χ4v) is 4.39. The summed E-state index contributed by atoms with van der Waals surface area (Å²) in [5.74, 6) is 0.0616. The zero-order valence-corrected chi connectivity index (χ0v) is 12.5. The predicted molar refractivity (Wildman–Crippen MR) is 80.0 cm³/mol. The molecule has 114 valence electrons. The van der Waals surface area contributed by atoms with Gasteiger partial charge in [-0.15, -0.1) is 0 Å². The van der Waals surface area contributed by atoms with Gasteiger partial charge in [-0.1, -0.05) is 23.7 Å². The van der Waals surface area contributed by atoms with E-state index in [1.54, 1.807) is 6.07 Å². The number of benzene rings is 1. The van der Waals surface area contributed by atoms with Crippen molar-refractivity contribution in [1.82, 2.24) is 9.88 Å². The number of rotatable bonds is 5. The Bertz CT molecular complexity index is 726. The van der Waals surface area contributed by atoms with Crippen molar-refractivity contribution in [2.24, 2.45) is 11.7 Å². The second-order valence-electron chi connectivity index (χ2n) is 5.54. The van der Waals surface area contributed by atoms with Gasteiger partial charge in [0.15, 0.2) is 5.58 Å². The predicted octanol–water partition coefficient (Wildman–Crippen LogP) is 1.37. The van der Waals surface area contributed by atoms with E-state index in [0.29, 0.717) is 17.8 Å². The lowest BCUT2D eigenvalue weighted by atomic mass is 10.1. The number of fused-ring (bicyclic) bond motifs is 1. The van der Waals surface area contributed by atoms with Gasteiger partial charge in [0.2, 0.25) is 10.0 Å². The van der Waals surface area contributed by atoms with E-state index in [9.17, 15) is 8.42 Å². The summed E-state index contributed by atoms with van der Waals surface area (Å²) in [4.78, 5) is 0. The maximum atomic E-state index is 12.3. The van der Waals surface area contributed by atoms with Crippen molar-refractivity contribution in [1.29, 1.82) is 0 Å². The monoisotopic (exact) mass is 309 g/mol. The zero-order valence-electron chi connectivity index (χ0n) is 11.7. The van der Waals surface area contributed by atoms with Gasteiger partial charge < -0.3 is 10.3 Å². The number of sulfonamides is 1. The first-order valence-corrected chi connectivity index (χ1v) is 8.77. The van der Waals surface area contributed by atoms with Crippen LogP contribution in [-0.2, 0) is 15.8 Å². The summed E-state index contributed by atoms with van der Waals surface area (Å²) < 4.78 is 32.6. The Morgan fingerprint density at radius 2 is 2.14 bits per heavy atom. The zero-order chi connectivity index (χ0) is 14.9. The third-order valence-corrected chi connectivity index (χ3v) is 5.39. The van der Waals surface area contributed by atoms with Gasteiger partial charge in [0.05, 0.1) is 0 Å². The molecule has 2 aromatic rings. The number of nitrogens with one attached hydrogen (secondary N) is 1. The molecule has 2 atom stereocenters. The molecule has 3 N–H and O–H groups in total. The van der Waals surface area contributed by atoms with Crippen LogP contribution in [0.25, 0.3) is 11.0 Å². The van der Waals surface area contributed by atoms with Crippen molar-refractivity contribution in [3.8, 4) is 0 Å². The highest BCUT2D eigenvalue weighted by molar-refractivity contribution is 7.88. The van der Waals surface area contributed by atoms with E-state index in [0.717, 1.165) is 24.6 Å². The normalized spacial score (nSPS) is 22.9. The van der Waals surface area contributed by atoms with E-state index < -0.39 is 10.0 Å². The van der Waals surface area contributed by atoms with Crippen LogP contribution < -0.4 is 10.5 Å². The fourth-order valence-electron chi connectivity index (χ4n) is 2.97. The Labute approximate surface area is 123 Å². The van der Waals surface area contributed by atoms with Gasteiger partial charge in [-0.05, 0) is 37.4 Å². The average Bonchev–Trinajstić information content (AvgIpc) is 3.05. The molecule has 0 radical (unpaired) electrons. The van der Waals surface area contributed by atoms with Crippen LogP contribution in [0.4, 0.5) is 0 Å². The van der Waals surface area contributed by atoms with Gasteiger partial charge in [0.1, 0.15) is 11.4 Å². The summed E-state index contributed by atoms with van der Waals surface area (Å²) in [5.41, 5.74) is 6.74. The first-order chi connectivity index (χ1) is 10.1. The Morgan fingerprint density at radius 3 is 2.95 bits per heavy atom. The van der Waals surface area contributed by atoms with Crippen molar-refractivity contribution >= 4 is 21.0 Å². The summed E-state index contributed by atoms with van der Waals surface area (Å²) in [5, 5.41) is 4.62. The van der Waals surface area contributed by atoms with Gasteiger partial charge in [0, 0.05) is 11.4 Å². The first kappa shape index (κ1) is 14.5. The summed E-state index contributed by atoms with van der Waals surface area (Å²) in [6.45, 7) is 0.514. The highest BCUT2D eigenvalue weighted by Gasteiger charge is 2.30. The third kappa shape index (κ3) is 3.09. The molecule has 1 saturated carbocycles. The van der Waals surface area contributed by atoms with Crippen molar-refractivity contribution in [3.63, 3.8) is 0 Å². The minimum absolute atomic E-state index is 0.0573. The molecule has 1 fully saturated rings. The van der Waals surface area contributed by atoms with Gasteiger partial charge >= 0.3 is 0 Å². The number of para-hydroxylation sites is 1. The molecule has 2 unspecified atom stereocenters. The van der Waals surface area contributed by atoms with Crippen molar-refractivity contribution < 1.29 is 12.9 Å². The molecule has 1 aromatic heterocycles. The number of nitrogens with two attached hydrogens (primary N) is 1. The standard InChI is InChI=1S/C14H19N3O3S/c15-8-10-4-3-6-12(10)17-21(18,19)9-13-11-5-1-2-7-14(11)20-16-13/h1-2,5,7,10,12,17H,3-4,6,8-9,15H2. The van der Waals surface area contributed by atoms with Gasteiger partial charge in [-0.3, -0.25) is 0 Å². The molecule has 0 saturated heterocycles. The Balaban J connectivity index is 1.77. The van der Waals surface area contributed by atoms with Crippen molar-refractivity contribution in [2.75, 3.05) is 6.54 Å². The number of hydrogen-bond donors (Lipinski definition) is 2. The summed E-state index contributed by atoms with van der Waals surface area (Å²) in [6, 6.07) is 7.19. The van der Waals surface area contributed by atoms with Crippen LogP contribution in [0.5, 0.6) is 0 Å². The highest BCUT2D eigenvalue weighted by atomic mass is 32.2. The quantitative estimate of drug-likeness (QED) is 0.869. The molecule has 1 aliphatic rings. The van der Waals surface area contributed by atoms with E-state index in [1.165, 1.54) is 0 Å². The van der Waals surface area contributed by atoms with Crippen molar-refractivity contribution in [3.05, 3.63) is 30.0 Å². The van der Waals surface area contributed by atoms with E-state index in [1.807, 2.05) is 18.2 Å². The summed E-state index contributed by atoms with van der Waals surface area (Å²) in [7, 11) is -3.45. The minimum Gasteiger partial charge on any atom is -0.356 e. The van der Waals surface area contributed by atoms with Gasteiger partial charge in [-0.2, -0.15) is 0 Å². The van der Waals surface area contributed by atoms with E-state index >= 15 is 0 Å². The molecule has 0 amide bonds. The second-order valence-corrected chi connectivity index (χ2v) is 7.29. The maximum absolute atomic E-state index is 12.3. The smallest absolute Gasteiger partial charge is 0.217 e. The van der Waals surface area contributed by atoms with Crippen LogP contribution in [0, 0.1) is 5.92 Å². The van der Waals surface area contributed by atoms with E-state index in [2.05, 4.69) is 9.88 Å². The van der Waals surface area contributed by atoms with E-state index in [4.69, 9.17) is 10.3 Å². The maximum Gasteiger partial charge on any atom is 0.217 e. The molecule has 3 rings (SSSR count). The van der Waals surface area contributed by atoms with Crippen LogP contribution >= 0.6 is 0 Å². The Kier molecular flexibility index (Phi) is 3.97. The van der Waals surface area contributed by atoms with Crippen LogP contribution in [0.2, 0.25) is 0 Å². The molecule has 1 heterocycles. The Hall–Kier alpha value is -1.44. The van der Waals surface area contributed by atoms with Crippen LogP contribution in [0.15, 0.2) is 28.8 Å². The summed E-state index contributed by atoms with van der Waals surface area (Å²) >= 11 is 0.